The summed E-state index contributed by atoms with van der Waals surface area (Å²) in [6.45, 7) is 2.15. The summed E-state index contributed by atoms with van der Waals surface area (Å²) in [5, 5.41) is 14.1. The third kappa shape index (κ3) is 6.01. The Bertz CT molecular complexity index is 3850. The van der Waals surface area contributed by atoms with Crippen molar-refractivity contribution < 1.29 is 24.5 Å². The average molecular weight is 970 g/mol. The van der Waals surface area contributed by atoms with E-state index in [1.165, 1.54) is 43.1 Å². The van der Waals surface area contributed by atoms with Crippen molar-refractivity contribution >= 4 is 92.4 Å². The fourth-order valence-corrected chi connectivity index (χ4v) is 9.27. The van der Waals surface area contributed by atoms with Crippen molar-refractivity contribution in [1.82, 2.24) is 14.4 Å². The van der Waals surface area contributed by atoms with Crippen molar-refractivity contribution in [3.8, 4) is 22.6 Å². The number of imidazole rings is 1. The molecule has 0 bridgehead atoms. The molecule has 0 aliphatic heterocycles. The van der Waals surface area contributed by atoms with Crippen LogP contribution in [0.2, 0.25) is 0 Å². The number of benzene rings is 9. The summed E-state index contributed by atoms with van der Waals surface area (Å²) in [4.78, 5) is 9.63. The first-order valence-corrected chi connectivity index (χ1v) is 20.6. The van der Waals surface area contributed by atoms with Gasteiger partial charge in [0.1, 0.15) is 5.58 Å². The van der Waals surface area contributed by atoms with E-state index in [2.05, 4.69) is 174 Å². The van der Waals surface area contributed by atoms with E-state index in [9.17, 15) is 0 Å². The number of hydrogen-bond donors (Lipinski definition) is 0. The van der Waals surface area contributed by atoms with E-state index >= 15 is 0 Å². The Hall–Kier alpha value is -7.43. The van der Waals surface area contributed by atoms with Crippen LogP contribution in [0.1, 0.15) is 5.56 Å². The number of furan rings is 1. The van der Waals surface area contributed by atoms with Crippen LogP contribution >= 0.6 is 0 Å². The Kier molecular flexibility index (Phi) is 9.23. The van der Waals surface area contributed by atoms with Gasteiger partial charge < -0.3 is 13.8 Å². The summed E-state index contributed by atoms with van der Waals surface area (Å²) < 4.78 is 9.26. The van der Waals surface area contributed by atoms with Gasteiger partial charge in [0.25, 0.3) is 0 Å². The van der Waals surface area contributed by atoms with Crippen LogP contribution in [0.5, 0.6) is 0 Å². The molecular weight excluding hydrogens is 935 g/mol. The van der Waals surface area contributed by atoms with E-state index in [0.29, 0.717) is 0 Å². The molecule has 0 saturated heterocycles. The van der Waals surface area contributed by atoms with Crippen LogP contribution in [-0.2, 0) is 20.1 Å². The van der Waals surface area contributed by atoms with E-state index in [0.717, 1.165) is 77.5 Å². The van der Waals surface area contributed by atoms with Crippen LogP contribution in [0.25, 0.3) is 115 Å². The van der Waals surface area contributed by atoms with Crippen molar-refractivity contribution in [1.29, 1.82) is 0 Å². The molecule has 0 atom stereocenters. The normalized spacial score (nSPS) is 11.5. The summed E-state index contributed by atoms with van der Waals surface area (Å²) in [5.74, 6) is 0.811. The maximum Gasteiger partial charge on any atom is 0.121 e. The Morgan fingerprint density at radius 1 is 0.532 bits per heavy atom. The predicted octanol–water partition coefficient (Wildman–Crippen LogP) is 15.0. The van der Waals surface area contributed by atoms with Crippen molar-refractivity contribution in [2.45, 2.75) is 6.92 Å². The molecule has 0 fully saturated rings. The van der Waals surface area contributed by atoms with Crippen molar-refractivity contribution in [3.05, 3.63) is 212 Å². The van der Waals surface area contributed by atoms with Gasteiger partial charge in [-0.2, -0.15) is 0 Å². The molecular formula is C57H35IrN3O-2. The zero-order valence-corrected chi connectivity index (χ0v) is 36.0. The largest absolute Gasteiger partial charge is 0.501 e. The van der Waals surface area contributed by atoms with Crippen LogP contribution in [0.3, 0.4) is 0 Å². The summed E-state index contributed by atoms with van der Waals surface area (Å²) >= 11 is 0. The molecule has 5 heteroatoms. The third-order valence-corrected chi connectivity index (χ3v) is 12.0. The Morgan fingerprint density at radius 3 is 1.95 bits per heavy atom. The van der Waals surface area contributed by atoms with E-state index in [-0.39, 0.29) is 20.1 Å². The SMILES string of the molecule is Cc1c[c-]c(-c2nc3cccc4c5ccccc5c5ccccc5c5ccccc5n2c34)c2oc3cc4c(ccc5ccccc54)cc3c12.[Ir].[c-]1ccccc1-c1ccccn1. The number of hydrogen-bond acceptors (Lipinski definition) is 3. The van der Waals surface area contributed by atoms with E-state index in [1.807, 2.05) is 42.5 Å². The Balaban J connectivity index is 0.000000288. The molecule has 0 aliphatic carbocycles. The van der Waals surface area contributed by atoms with E-state index in [1.54, 1.807) is 6.20 Å². The van der Waals surface area contributed by atoms with Crippen LogP contribution in [0.4, 0.5) is 0 Å². The van der Waals surface area contributed by atoms with Crippen LogP contribution in [-0.4, -0.2) is 14.4 Å². The van der Waals surface area contributed by atoms with Crippen LogP contribution < -0.4 is 0 Å². The summed E-state index contributed by atoms with van der Waals surface area (Å²) in [6, 6.07) is 72.7. The standard InChI is InChI=1S/C46H27N2O.C11H8N.Ir/c1-27-21-24-37(45-43(27)39-25-29-23-22-28-11-2-3-12-30(28)38(29)26-42(39)49-45)46-47-40-19-10-18-36-34-16-7-5-14-32(34)31-13-4-6-15-33(31)35-17-8-9-20-41(35)48(46)44(36)40;1-2-6-10(7-3-1)11-8-4-5-9-12-11;/h2-23,25-26H,1H3;1-6,8-9H;/q2*-1;. The van der Waals surface area contributed by atoms with Gasteiger partial charge in [-0.1, -0.05) is 145 Å². The monoisotopic (exact) mass is 970 g/mol. The van der Waals surface area contributed by atoms with E-state index in [4.69, 9.17) is 9.40 Å². The first-order valence-electron chi connectivity index (χ1n) is 20.6. The topological polar surface area (TPSA) is 43.3 Å². The molecule has 0 unspecified atom stereocenters. The van der Waals surface area contributed by atoms with E-state index < -0.39 is 0 Å². The predicted molar refractivity (Wildman–Crippen MR) is 254 cm³/mol. The molecule has 0 amide bonds. The third-order valence-electron chi connectivity index (χ3n) is 12.0. The first kappa shape index (κ1) is 37.6. The van der Waals surface area contributed by atoms with Gasteiger partial charge in [0, 0.05) is 48.0 Å². The van der Waals surface area contributed by atoms with Crippen molar-refractivity contribution in [2.24, 2.45) is 0 Å². The van der Waals surface area contributed by atoms with Crippen LogP contribution in [0, 0.1) is 19.1 Å². The number of para-hydroxylation sites is 2. The zero-order valence-electron chi connectivity index (χ0n) is 33.6. The fraction of sp³-hybridized carbons (Fsp3) is 0.0175. The van der Waals surface area contributed by atoms with Gasteiger partial charge >= 0.3 is 0 Å². The zero-order chi connectivity index (χ0) is 40.4. The molecule has 1 radical (unpaired) electrons. The second-order valence-corrected chi connectivity index (χ2v) is 15.6. The minimum absolute atomic E-state index is 0. The number of fused-ring (bicyclic) bond motifs is 13. The number of pyridine rings is 1. The molecule has 0 aliphatic rings. The number of aryl methyl sites for hydroxylation is 1. The first-order chi connectivity index (χ1) is 30.2. The van der Waals surface area contributed by atoms with Gasteiger partial charge in [-0.05, 0) is 79.1 Å². The molecule has 4 heterocycles. The minimum Gasteiger partial charge on any atom is -0.501 e. The second-order valence-electron chi connectivity index (χ2n) is 15.6. The molecule has 13 rings (SSSR count). The van der Waals surface area contributed by atoms with Crippen molar-refractivity contribution in [2.75, 3.05) is 0 Å². The Morgan fingerprint density at radius 2 is 1.19 bits per heavy atom. The van der Waals surface area contributed by atoms with Gasteiger partial charge in [-0.15, -0.1) is 53.6 Å². The fourth-order valence-electron chi connectivity index (χ4n) is 9.27. The molecule has 0 N–H and O–H groups in total. The quantitative estimate of drug-likeness (QED) is 0.128. The molecule has 62 heavy (non-hydrogen) atoms. The molecule has 0 spiro atoms. The number of nitrogens with zero attached hydrogens (tertiary/aromatic N) is 3. The maximum absolute atomic E-state index is 6.92. The molecule has 13 aromatic rings. The smallest absolute Gasteiger partial charge is 0.121 e. The molecule has 9 aromatic carbocycles. The molecule has 0 saturated carbocycles. The minimum atomic E-state index is 0. The average Bonchev–Trinajstić information content (AvgIpc) is 3.92. The molecule has 4 aromatic heterocycles. The van der Waals surface area contributed by atoms with Gasteiger partial charge in [0.15, 0.2) is 0 Å². The number of rotatable bonds is 2. The second kappa shape index (κ2) is 15.2. The summed E-state index contributed by atoms with van der Waals surface area (Å²) in [7, 11) is 0. The molecule has 295 valence electrons. The van der Waals surface area contributed by atoms with Gasteiger partial charge in [0.2, 0.25) is 0 Å². The van der Waals surface area contributed by atoms with Gasteiger partial charge in [-0.3, -0.25) is 4.98 Å². The maximum atomic E-state index is 6.92. The van der Waals surface area contributed by atoms with Gasteiger partial charge in [-0.25, -0.2) is 0 Å². The molecule has 4 nitrogen and oxygen atoms in total. The van der Waals surface area contributed by atoms with Crippen LogP contribution in [0.15, 0.2) is 199 Å². The summed E-state index contributed by atoms with van der Waals surface area (Å²) in [6.07, 6.45) is 1.79. The van der Waals surface area contributed by atoms with Gasteiger partial charge in [0.05, 0.1) is 22.4 Å². The van der Waals surface area contributed by atoms with Crippen molar-refractivity contribution in [3.63, 3.8) is 0 Å². The Labute approximate surface area is 370 Å². The number of aromatic nitrogens is 3. The summed E-state index contributed by atoms with van der Waals surface area (Å²) in [5.41, 5.74) is 8.73.